The summed E-state index contributed by atoms with van der Waals surface area (Å²) in [6.45, 7) is 3.68. The Kier molecular flexibility index (Phi) is 7.39. The molecule has 0 saturated carbocycles. The zero-order valence-electron chi connectivity index (χ0n) is 19.3. The maximum Gasteiger partial charge on any atom is 0.248 e. The summed E-state index contributed by atoms with van der Waals surface area (Å²) in [7, 11) is -4.02. The van der Waals surface area contributed by atoms with Gasteiger partial charge in [-0.3, -0.25) is 4.79 Å². The Morgan fingerprint density at radius 2 is 2.00 bits per heavy atom. The number of hydrogen-bond acceptors (Lipinski definition) is 5. The van der Waals surface area contributed by atoms with Crippen molar-refractivity contribution in [3.05, 3.63) is 75.9 Å². The van der Waals surface area contributed by atoms with Crippen LogP contribution in [0.3, 0.4) is 0 Å². The molecular weight excluding hydrogens is 493 g/mol. The molecule has 4 rings (SSSR count). The van der Waals surface area contributed by atoms with Gasteiger partial charge in [0.1, 0.15) is 11.5 Å². The average molecular weight is 518 g/mol. The van der Waals surface area contributed by atoms with Gasteiger partial charge < -0.3 is 9.84 Å². The fourth-order valence-corrected chi connectivity index (χ4v) is 5.99. The van der Waals surface area contributed by atoms with E-state index >= 15 is 0 Å². The monoisotopic (exact) mass is 517 g/mol. The number of aryl methyl sites for hydroxylation is 2. The highest BCUT2D eigenvalue weighted by molar-refractivity contribution is 7.89. The van der Waals surface area contributed by atoms with Crippen molar-refractivity contribution >= 4 is 45.4 Å². The van der Waals surface area contributed by atoms with E-state index in [1.165, 1.54) is 29.4 Å². The molecule has 35 heavy (non-hydrogen) atoms. The SMILES string of the molecule is Cc1ccc(Cl)cc1NC(=O)C1CCCN(S(=O)(=O)c2c(C)noc2/C=C/c2ccccc2F)C1. The first-order valence-corrected chi connectivity index (χ1v) is 12.9. The number of nitrogens with zero attached hydrogens (tertiary/aromatic N) is 2. The number of rotatable bonds is 6. The molecule has 2 aromatic carbocycles. The number of sulfonamides is 1. The van der Waals surface area contributed by atoms with Crippen molar-refractivity contribution in [3.63, 3.8) is 0 Å². The lowest BCUT2D eigenvalue weighted by atomic mass is 9.98. The van der Waals surface area contributed by atoms with Gasteiger partial charge >= 0.3 is 0 Å². The fraction of sp³-hybridized carbons (Fsp3) is 0.280. The Morgan fingerprint density at radius 1 is 1.23 bits per heavy atom. The molecule has 1 unspecified atom stereocenters. The second-order valence-electron chi connectivity index (χ2n) is 8.47. The number of carbonyl (C=O) groups is 1. The summed E-state index contributed by atoms with van der Waals surface area (Å²) in [6.07, 6.45) is 3.91. The lowest BCUT2D eigenvalue weighted by Crippen LogP contribution is -2.44. The third-order valence-corrected chi connectivity index (χ3v) is 8.22. The summed E-state index contributed by atoms with van der Waals surface area (Å²) in [4.78, 5) is 12.9. The van der Waals surface area contributed by atoms with Crippen molar-refractivity contribution in [2.24, 2.45) is 5.92 Å². The van der Waals surface area contributed by atoms with E-state index in [0.29, 0.717) is 23.6 Å². The van der Waals surface area contributed by atoms with E-state index in [-0.39, 0.29) is 40.9 Å². The minimum atomic E-state index is -4.02. The zero-order valence-corrected chi connectivity index (χ0v) is 20.9. The average Bonchev–Trinajstić information content (AvgIpc) is 3.22. The highest BCUT2D eigenvalue weighted by atomic mass is 35.5. The van der Waals surface area contributed by atoms with Gasteiger partial charge in [-0.25, -0.2) is 12.8 Å². The van der Waals surface area contributed by atoms with Crippen LogP contribution < -0.4 is 5.32 Å². The molecule has 1 fully saturated rings. The van der Waals surface area contributed by atoms with E-state index in [2.05, 4.69) is 10.5 Å². The van der Waals surface area contributed by atoms with Gasteiger partial charge in [-0.05, 0) is 62.6 Å². The van der Waals surface area contributed by atoms with E-state index < -0.39 is 21.8 Å². The van der Waals surface area contributed by atoms with Gasteiger partial charge in [-0.15, -0.1) is 0 Å². The zero-order chi connectivity index (χ0) is 25.2. The molecule has 1 aliphatic heterocycles. The van der Waals surface area contributed by atoms with Gasteiger partial charge in [0.15, 0.2) is 10.7 Å². The van der Waals surface area contributed by atoms with Crippen molar-refractivity contribution in [3.8, 4) is 0 Å². The minimum Gasteiger partial charge on any atom is -0.355 e. The number of piperidine rings is 1. The number of hydrogen-bond donors (Lipinski definition) is 1. The van der Waals surface area contributed by atoms with Crippen LogP contribution in [0.2, 0.25) is 5.02 Å². The molecular formula is C25H25ClFN3O4S. The first-order chi connectivity index (χ1) is 16.7. The van der Waals surface area contributed by atoms with E-state index in [1.54, 1.807) is 36.4 Å². The van der Waals surface area contributed by atoms with Gasteiger partial charge in [0.25, 0.3) is 0 Å². The number of aromatic nitrogens is 1. The van der Waals surface area contributed by atoms with Gasteiger partial charge in [0.2, 0.25) is 15.9 Å². The van der Waals surface area contributed by atoms with Crippen LogP contribution in [0.1, 0.15) is 35.4 Å². The van der Waals surface area contributed by atoms with Gasteiger partial charge in [0, 0.05) is 29.4 Å². The number of nitrogens with one attached hydrogen (secondary N) is 1. The highest BCUT2D eigenvalue weighted by Gasteiger charge is 2.37. The summed E-state index contributed by atoms with van der Waals surface area (Å²) >= 11 is 6.05. The van der Waals surface area contributed by atoms with Crippen molar-refractivity contribution in [1.29, 1.82) is 0 Å². The van der Waals surface area contributed by atoms with Crippen LogP contribution in [0.25, 0.3) is 12.2 Å². The Labute approximate surface area is 208 Å². The van der Waals surface area contributed by atoms with Crippen molar-refractivity contribution < 1.29 is 22.1 Å². The van der Waals surface area contributed by atoms with Crippen LogP contribution in [0.5, 0.6) is 0 Å². The third kappa shape index (κ3) is 5.47. The minimum absolute atomic E-state index is 0.00637. The van der Waals surface area contributed by atoms with E-state index in [9.17, 15) is 17.6 Å². The Balaban J connectivity index is 1.55. The van der Waals surface area contributed by atoms with E-state index in [0.717, 1.165) is 5.56 Å². The first kappa shape index (κ1) is 25.1. The predicted octanol–water partition coefficient (Wildman–Crippen LogP) is 5.29. The summed E-state index contributed by atoms with van der Waals surface area (Å²) < 4.78 is 47.6. The second-order valence-corrected chi connectivity index (χ2v) is 10.8. The number of carbonyl (C=O) groups excluding carboxylic acids is 1. The maximum atomic E-state index is 14.0. The summed E-state index contributed by atoms with van der Waals surface area (Å²) in [5.41, 5.74) is 1.93. The molecule has 1 N–H and O–H groups in total. The van der Waals surface area contributed by atoms with Gasteiger partial charge in [-0.2, -0.15) is 4.31 Å². The topological polar surface area (TPSA) is 92.5 Å². The van der Waals surface area contributed by atoms with Crippen LogP contribution in [-0.2, 0) is 14.8 Å². The molecule has 1 amide bonds. The molecule has 0 aliphatic carbocycles. The van der Waals surface area contributed by atoms with Crippen molar-refractivity contribution in [2.45, 2.75) is 31.6 Å². The Morgan fingerprint density at radius 3 is 2.77 bits per heavy atom. The molecule has 0 bridgehead atoms. The first-order valence-electron chi connectivity index (χ1n) is 11.1. The van der Waals surface area contributed by atoms with Gasteiger partial charge in [0.05, 0.1) is 5.92 Å². The quantitative estimate of drug-likeness (QED) is 0.479. The fourth-order valence-electron chi connectivity index (χ4n) is 4.04. The number of halogens is 2. The molecule has 7 nitrogen and oxygen atoms in total. The molecule has 1 saturated heterocycles. The van der Waals surface area contributed by atoms with E-state index in [4.69, 9.17) is 16.1 Å². The van der Waals surface area contributed by atoms with Crippen LogP contribution in [0.4, 0.5) is 10.1 Å². The Bertz CT molecular complexity index is 1390. The molecule has 2 heterocycles. The van der Waals surface area contributed by atoms with Crippen LogP contribution >= 0.6 is 11.6 Å². The highest BCUT2D eigenvalue weighted by Crippen LogP contribution is 2.30. The van der Waals surface area contributed by atoms with E-state index in [1.807, 2.05) is 6.92 Å². The molecule has 10 heteroatoms. The van der Waals surface area contributed by atoms with Crippen LogP contribution in [0, 0.1) is 25.6 Å². The molecule has 1 aliphatic rings. The molecule has 184 valence electrons. The summed E-state index contributed by atoms with van der Waals surface area (Å²) in [5, 5.41) is 7.19. The molecule has 1 atom stereocenters. The number of anilines is 1. The van der Waals surface area contributed by atoms with Crippen LogP contribution in [-0.4, -0.2) is 36.9 Å². The number of amides is 1. The molecule has 0 spiro atoms. The second kappa shape index (κ2) is 10.3. The summed E-state index contributed by atoms with van der Waals surface area (Å²) in [5.74, 6) is -1.23. The molecule has 3 aromatic rings. The molecule has 1 aromatic heterocycles. The smallest absolute Gasteiger partial charge is 0.248 e. The Hall–Kier alpha value is -3.01. The standard InChI is InChI=1S/C25H25ClFN3O4S/c1-16-9-11-20(26)14-22(16)28-25(31)19-7-5-13-30(15-19)35(32,33)24-17(2)29-34-23(24)12-10-18-6-3-4-8-21(18)27/h3-4,6,8-12,14,19H,5,7,13,15H2,1-2H3,(H,28,31)/b12-10+. The van der Waals surface area contributed by atoms with Crippen molar-refractivity contribution in [1.82, 2.24) is 9.46 Å². The van der Waals surface area contributed by atoms with Gasteiger partial charge in [-0.1, -0.05) is 41.0 Å². The third-order valence-electron chi connectivity index (χ3n) is 5.96. The normalized spacial score (nSPS) is 17.1. The lowest BCUT2D eigenvalue weighted by molar-refractivity contribution is -0.120. The molecule has 0 radical (unpaired) electrons. The lowest BCUT2D eigenvalue weighted by Gasteiger charge is -2.31. The number of benzene rings is 2. The predicted molar refractivity (Wildman–Crippen MR) is 133 cm³/mol. The largest absolute Gasteiger partial charge is 0.355 e. The maximum absolute atomic E-state index is 14.0. The van der Waals surface area contributed by atoms with Crippen molar-refractivity contribution in [2.75, 3.05) is 18.4 Å². The summed E-state index contributed by atoms with van der Waals surface area (Å²) in [6, 6.07) is 11.3. The van der Waals surface area contributed by atoms with Crippen LogP contribution in [0.15, 0.2) is 51.9 Å².